The Kier molecular flexibility index (Phi) is 7.80. The fourth-order valence-corrected chi connectivity index (χ4v) is 9.77. The first-order chi connectivity index (χ1) is 31.3. The molecule has 0 spiro atoms. The summed E-state index contributed by atoms with van der Waals surface area (Å²) >= 11 is 0. The van der Waals surface area contributed by atoms with E-state index in [0.717, 1.165) is 73.0 Å². The molecule has 13 aromatic rings. The number of benzene rings is 9. The molecule has 0 radical (unpaired) electrons. The summed E-state index contributed by atoms with van der Waals surface area (Å²) < 4.78 is 9.38. The lowest BCUT2D eigenvalue weighted by molar-refractivity contribution is 1.08. The Morgan fingerprint density at radius 2 is 0.778 bits per heavy atom. The van der Waals surface area contributed by atoms with Crippen LogP contribution in [0.2, 0.25) is 0 Å². The van der Waals surface area contributed by atoms with E-state index in [9.17, 15) is 0 Å². The minimum Gasteiger partial charge on any atom is -0.310 e. The Morgan fingerprint density at radius 3 is 1.40 bits per heavy atom. The van der Waals surface area contributed by atoms with Crippen molar-refractivity contribution < 1.29 is 0 Å². The highest BCUT2D eigenvalue weighted by Gasteiger charge is 2.25. The van der Waals surface area contributed by atoms with Crippen molar-refractivity contribution in [3.63, 3.8) is 0 Å². The van der Waals surface area contributed by atoms with Crippen molar-refractivity contribution in [3.05, 3.63) is 231 Å². The van der Waals surface area contributed by atoms with Crippen molar-refractivity contribution in [2.45, 2.75) is 0 Å². The van der Waals surface area contributed by atoms with E-state index in [1.54, 1.807) is 0 Å². The first kappa shape index (κ1) is 35.2. The summed E-state index contributed by atoms with van der Waals surface area (Å²) in [5, 5.41) is 3.62. The van der Waals surface area contributed by atoms with E-state index in [2.05, 4.69) is 254 Å². The van der Waals surface area contributed by atoms with Crippen LogP contribution in [0.15, 0.2) is 231 Å². The average Bonchev–Trinajstić information content (AvgIpc) is 4.08. The molecule has 4 heterocycles. The maximum absolute atomic E-state index is 5.50. The van der Waals surface area contributed by atoms with E-state index in [1.807, 2.05) is 0 Å². The van der Waals surface area contributed by atoms with Crippen LogP contribution in [0.4, 0.5) is 17.1 Å². The summed E-state index contributed by atoms with van der Waals surface area (Å²) in [5.41, 5.74) is 16.4. The summed E-state index contributed by atoms with van der Waals surface area (Å²) in [7, 11) is 0. The number of fused-ring (bicyclic) bond motifs is 10. The molecule has 0 atom stereocenters. The van der Waals surface area contributed by atoms with Gasteiger partial charge in [-0.25, -0.2) is 4.98 Å². The van der Waals surface area contributed by atoms with Gasteiger partial charge in [0.2, 0.25) is 5.78 Å². The molecule has 0 bridgehead atoms. The van der Waals surface area contributed by atoms with Crippen molar-refractivity contribution in [1.29, 1.82) is 0 Å². The van der Waals surface area contributed by atoms with E-state index >= 15 is 0 Å². The number of nitrogens with zero attached hydrogens (tertiary/aromatic N) is 6. The third-order valence-corrected chi connectivity index (χ3v) is 12.6. The predicted octanol–water partition coefficient (Wildman–Crippen LogP) is 14.6. The van der Waals surface area contributed by atoms with Gasteiger partial charge in [-0.2, -0.15) is 0 Å². The summed E-state index contributed by atoms with van der Waals surface area (Å²) in [6.45, 7) is 0. The zero-order chi connectivity index (χ0) is 41.4. The molecule has 9 aromatic carbocycles. The summed E-state index contributed by atoms with van der Waals surface area (Å²) in [4.78, 5) is 7.87. The molecule has 0 saturated carbocycles. The molecule has 0 aliphatic rings. The molecular formula is C57H38N6. The van der Waals surface area contributed by atoms with Crippen LogP contribution >= 0.6 is 0 Å². The molecule has 0 aliphatic carbocycles. The van der Waals surface area contributed by atoms with Gasteiger partial charge in [-0.05, 0) is 108 Å². The van der Waals surface area contributed by atoms with Crippen LogP contribution in [-0.4, -0.2) is 23.1 Å². The normalized spacial score (nSPS) is 11.8. The van der Waals surface area contributed by atoms with Crippen molar-refractivity contribution in [2.75, 3.05) is 4.90 Å². The van der Waals surface area contributed by atoms with Crippen molar-refractivity contribution in [1.82, 2.24) is 23.1 Å². The fourth-order valence-electron chi connectivity index (χ4n) is 9.77. The van der Waals surface area contributed by atoms with Crippen LogP contribution in [0.3, 0.4) is 0 Å². The van der Waals surface area contributed by atoms with Gasteiger partial charge in [0.25, 0.3) is 0 Å². The van der Waals surface area contributed by atoms with E-state index in [-0.39, 0.29) is 0 Å². The Labute approximate surface area is 363 Å². The van der Waals surface area contributed by atoms with E-state index in [1.165, 1.54) is 32.9 Å². The van der Waals surface area contributed by atoms with Crippen LogP contribution in [0, 0.1) is 0 Å². The second-order valence-corrected chi connectivity index (χ2v) is 16.1. The lowest BCUT2D eigenvalue weighted by Gasteiger charge is -2.26. The Bertz CT molecular complexity index is 3770. The quantitative estimate of drug-likeness (QED) is 0.161. The van der Waals surface area contributed by atoms with Gasteiger partial charge in [-0.3, -0.25) is 13.5 Å². The zero-order valence-electron chi connectivity index (χ0n) is 34.1. The van der Waals surface area contributed by atoms with Gasteiger partial charge in [0.05, 0.1) is 27.6 Å². The third kappa shape index (κ3) is 5.41. The van der Waals surface area contributed by atoms with E-state index in [4.69, 9.17) is 4.98 Å². The molecule has 0 aliphatic heterocycles. The standard InChI is InChI=1S/C57H38N6/c1-4-16-39(17-5-1)40-28-30-43(31-29-40)59(44-32-34-45(35-33-44)60-50-25-13-10-22-47(50)48-23-11-14-26-51(48)60)46-36-37-53-54(38-46)62(42-20-8-3-9-21-42)57-58-55-49-24-12-15-27-52(49)61(56(55)63(53)57)41-18-6-2-7-19-41/h1-38H. The zero-order valence-corrected chi connectivity index (χ0v) is 34.1. The highest BCUT2D eigenvalue weighted by Crippen LogP contribution is 2.42. The largest absolute Gasteiger partial charge is 0.310 e. The molecule has 0 fully saturated rings. The monoisotopic (exact) mass is 806 g/mol. The first-order valence-electron chi connectivity index (χ1n) is 21.4. The average molecular weight is 807 g/mol. The molecule has 296 valence electrons. The first-order valence-corrected chi connectivity index (χ1v) is 21.4. The van der Waals surface area contributed by atoms with E-state index in [0.29, 0.717) is 0 Å². The fraction of sp³-hybridized carbons (Fsp3) is 0. The highest BCUT2D eigenvalue weighted by atomic mass is 15.3. The summed E-state index contributed by atoms with van der Waals surface area (Å²) in [6.07, 6.45) is 0. The SMILES string of the molecule is c1ccc(-c2ccc(N(c3ccc(-n4c5ccccc5c5ccccc54)cc3)c3ccc4c(c3)n(-c3ccccc3)c3nc5c6ccccc6n(-c6ccccc6)c5n43)cc2)cc1. The second kappa shape index (κ2) is 14.0. The summed E-state index contributed by atoms with van der Waals surface area (Å²) in [5.74, 6) is 0.864. The van der Waals surface area contributed by atoms with Gasteiger partial charge in [-0.1, -0.05) is 133 Å². The molecule has 0 saturated heterocycles. The van der Waals surface area contributed by atoms with E-state index < -0.39 is 0 Å². The Balaban J connectivity index is 1.04. The second-order valence-electron chi connectivity index (χ2n) is 16.1. The number of anilines is 3. The van der Waals surface area contributed by atoms with Gasteiger partial charge in [-0.15, -0.1) is 0 Å². The van der Waals surface area contributed by atoms with Gasteiger partial charge in [0.1, 0.15) is 5.52 Å². The predicted molar refractivity (Wildman–Crippen MR) is 261 cm³/mol. The maximum Gasteiger partial charge on any atom is 0.221 e. The minimum absolute atomic E-state index is 0.864. The molecule has 63 heavy (non-hydrogen) atoms. The Morgan fingerprint density at radius 1 is 0.317 bits per heavy atom. The molecule has 0 unspecified atom stereocenters. The molecule has 0 amide bonds. The third-order valence-electron chi connectivity index (χ3n) is 12.6. The molecule has 6 nitrogen and oxygen atoms in total. The number of para-hydroxylation sites is 5. The van der Waals surface area contributed by atoms with Crippen molar-refractivity contribution in [2.24, 2.45) is 0 Å². The molecular weight excluding hydrogens is 769 g/mol. The molecule has 0 N–H and O–H groups in total. The topological polar surface area (TPSA) is 35.3 Å². The van der Waals surface area contributed by atoms with Crippen LogP contribution in [0.5, 0.6) is 0 Å². The minimum atomic E-state index is 0.864. The highest BCUT2D eigenvalue weighted by molar-refractivity contribution is 6.10. The van der Waals surface area contributed by atoms with Crippen LogP contribution in [-0.2, 0) is 0 Å². The maximum atomic E-state index is 5.50. The number of imidazole rings is 2. The Hall–Kier alpha value is -8.61. The van der Waals surface area contributed by atoms with Crippen LogP contribution in [0.1, 0.15) is 0 Å². The number of hydrogen-bond acceptors (Lipinski definition) is 2. The number of hydrogen-bond donors (Lipinski definition) is 0. The van der Waals surface area contributed by atoms with Gasteiger partial charge < -0.3 is 9.47 Å². The van der Waals surface area contributed by atoms with Gasteiger partial charge in [0, 0.05) is 50.3 Å². The molecule has 4 aromatic heterocycles. The van der Waals surface area contributed by atoms with Gasteiger partial charge in [0.15, 0.2) is 5.65 Å². The lowest BCUT2D eigenvalue weighted by atomic mass is 10.0. The molecule has 13 rings (SSSR count). The van der Waals surface area contributed by atoms with Crippen molar-refractivity contribution in [3.8, 4) is 28.2 Å². The smallest absolute Gasteiger partial charge is 0.221 e. The van der Waals surface area contributed by atoms with Crippen molar-refractivity contribution >= 4 is 77.7 Å². The van der Waals surface area contributed by atoms with Gasteiger partial charge >= 0.3 is 0 Å². The summed E-state index contributed by atoms with van der Waals surface area (Å²) in [6, 6.07) is 82.5. The van der Waals surface area contributed by atoms with Crippen LogP contribution < -0.4 is 4.90 Å². The number of rotatable bonds is 7. The lowest BCUT2D eigenvalue weighted by Crippen LogP contribution is -2.10. The van der Waals surface area contributed by atoms with Crippen LogP contribution in [0.25, 0.3) is 88.9 Å². The number of aromatic nitrogens is 5. The molecule has 6 heteroatoms.